The molecule has 1 saturated heterocycles. The molecule has 0 bridgehead atoms. The molecule has 2 atom stereocenters. The largest absolute Gasteiger partial charge is 0.451 e. The number of rotatable bonds is 2. The summed E-state index contributed by atoms with van der Waals surface area (Å²) in [6.45, 7) is 3.00. The zero-order valence-electron chi connectivity index (χ0n) is 19.1. The number of hydrogen-bond donors (Lipinski definition) is 0. The first-order valence-corrected chi connectivity index (χ1v) is 11.4. The predicted octanol–water partition coefficient (Wildman–Crippen LogP) is 4.37. The lowest BCUT2D eigenvalue weighted by Gasteiger charge is -2.40. The lowest BCUT2D eigenvalue weighted by molar-refractivity contribution is -0.148. The number of fused-ring (bicyclic) bond motifs is 2. The molecule has 0 spiro atoms. The van der Waals surface area contributed by atoms with E-state index in [9.17, 15) is 31.1 Å². The molecule has 0 radical (unpaired) electrons. The van der Waals surface area contributed by atoms with E-state index in [1.807, 2.05) is 11.8 Å². The van der Waals surface area contributed by atoms with Crippen molar-refractivity contribution in [3.8, 4) is 0 Å². The first-order chi connectivity index (χ1) is 16.9. The molecule has 1 amide bonds. The summed E-state index contributed by atoms with van der Waals surface area (Å²) in [4.78, 5) is 20.9. The number of piperidine rings is 1. The third-order valence-electron chi connectivity index (χ3n) is 6.93. The van der Waals surface area contributed by atoms with Crippen LogP contribution in [0.1, 0.15) is 30.6 Å². The van der Waals surface area contributed by atoms with Crippen LogP contribution in [-0.4, -0.2) is 50.2 Å². The molecule has 0 aliphatic carbocycles. The van der Waals surface area contributed by atoms with E-state index in [1.54, 1.807) is 6.07 Å². The summed E-state index contributed by atoms with van der Waals surface area (Å²) in [5.74, 6) is -1.51. The number of anilines is 1. The van der Waals surface area contributed by atoms with Crippen LogP contribution in [0.3, 0.4) is 0 Å². The van der Waals surface area contributed by atoms with E-state index in [4.69, 9.17) is 0 Å². The Morgan fingerprint density at radius 1 is 1.00 bits per heavy atom. The topological polar surface area (TPSA) is 67.2 Å². The van der Waals surface area contributed by atoms with Crippen molar-refractivity contribution in [3.05, 3.63) is 47.7 Å². The van der Waals surface area contributed by atoms with Gasteiger partial charge in [0.2, 0.25) is 11.7 Å². The van der Waals surface area contributed by atoms with Crippen LogP contribution in [0.25, 0.3) is 10.9 Å². The summed E-state index contributed by atoms with van der Waals surface area (Å²) >= 11 is 0. The summed E-state index contributed by atoms with van der Waals surface area (Å²) in [6, 6.07) is 5.23. The Hall–Kier alpha value is -3.38. The van der Waals surface area contributed by atoms with Crippen LogP contribution in [0.5, 0.6) is 0 Å². The fourth-order valence-corrected chi connectivity index (χ4v) is 5.11. The van der Waals surface area contributed by atoms with E-state index in [0.717, 1.165) is 22.4 Å². The summed E-state index contributed by atoms with van der Waals surface area (Å²) < 4.78 is 79.6. The molecule has 1 aromatic carbocycles. The van der Waals surface area contributed by atoms with E-state index >= 15 is 0 Å². The smallest absolute Gasteiger partial charge is 0.371 e. The van der Waals surface area contributed by atoms with Crippen molar-refractivity contribution in [2.24, 2.45) is 11.8 Å². The van der Waals surface area contributed by atoms with Gasteiger partial charge in [-0.05, 0) is 30.5 Å². The number of aromatic nitrogens is 4. The van der Waals surface area contributed by atoms with Crippen LogP contribution < -0.4 is 4.90 Å². The zero-order valence-corrected chi connectivity index (χ0v) is 19.1. The van der Waals surface area contributed by atoms with Gasteiger partial charge in [0.25, 0.3) is 0 Å². The minimum Gasteiger partial charge on any atom is -0.371 e. The first kappa shape index (κ1) is 24.3. The van der Waals surface area contributed by atoms with Crippen LogP contribution in [0, 0.1) is 11.8 Å². The highest BCUT2D eigenvalue weighted by molar-refractivity contribution is 5.92. The van der Waals surface area contributed by atoms with Gasteiger partial charge in [0.15, 0.2) is 5.82 Å². The third kappa shape index (κ3) is 4.35. The Morgan fingerprint density at radius 3 is 2.47 bits per heavy atom. The van der Waals surface area contributed by atoms with Crippen LogP contribution in [0.4, 0.5) is 32.0 Å². The molecule has 36 heavy (non-hydrogen) atoms. The van der Waals surface area contributed by atoms with E-state index < -0.39 is 23.7 Å². The van der Waals surface area contributed by atoms with E-state index in [0.29, 0.717) is 24.9 Å². The van der Waals surface area contributed by atoms with Crippen LogP contribution in [0.15, 0.2) is 30.5 Å². The Labute approximate surface area is 201 Å². The predicted molar refractivity (Wildman–Crippen MR) is 117 cm³/mol. The maximum absolute atomic E-state index is 13.3. The fourth-order valence-electron chi connectivity index (χ4n) is 5.11. The van der Waals surface area contributed by atoms with Gasteiger partial charge in [-0.3, -0.25) is 9.78 Å². The van der Waals surface area contributed by atoms with Gasteiger partial charge in [-0.2, -0.15) is 26.3 Å². The molecule has 3 aromatic rings. The number of amides is 1. The molecule has 2 aliphatic rings. The molecular formula is C23H22F6N6O. The highest BCUT2D eigenvalue weighted by Gasteiger charge is 2.41. The third-order valence-corrected chi connectivity index (χ3v) is 6.93. The Balaban J connectivity index is 1.30. The monoisotopic (exact) mass is 512 g/mol. The zero-order chi connectivity index (χ0) is 25.8. The second-order valence-electron chi connectivity index (χ2n) is 9.23. The summed E-state index contributed by atoms with van der Waals surface area (Å²) in [6.07, 6.45) is -7.10. The molecule has 5 rings (SSSR count). The number of carbonyl (C=O) groups is 1. The number of pyridine rings is 1. The highest BCUT2D eigenvalue weighted by Crippen LogP contribution is 2.36. The second kappa shape index (κ2) is 8.63. The minimum atomic E-state index is -4.61. The average molecular weight is 512 g/mol. The molecule has 192 valence electrons. The minimum absolute atomic E-state index is 0.0287. The van der Waals surface area contributed by atoms with Gasteiger partial charge in [0.05, 0.1) is 17.6 Å². The van der Waals surface area contributed by atoms with Gasteiger partial charge < -0.3 is 14.4 Å². The van der Waals surface area contributed by atoms with Crippen molar-refractivity contribution in [3.63, 3.8) is 0 Å². The molecule has 0 N–H and O–H groups in total. The molecular weight excluding hydrogens is 490 g/mol. The average Bonchev–Trinajstić information content (AvgIpc) is 3.26. The molecule has 2 unspecified atom stereocenters. The molecule has 7 nitrogen and oxygen atoms in total. The van der Waals surface area contributed by atoms with Crippen molar-refractivity contribution in [1.29, 1.82) is 0 Å². The molecule has 0 saturated carbocycles. The van der Waals surface area contributed by atoms with Crippen molar-refractivity contribution in [2.45, 2.75) is 38.8 Å². The fraction of sp³-hybridized carbons (Fsp3) is 0.478. The number of hydrogen-bond acceptors (Lipinski definition) is 5. The number of benzene rings is 1. The number of nitrogens with zero attached hydrogens (tertiary/aromatic N) is 6. The number of alkyl halides is 6. The van der Waals surface area contributed by atoms with E-state index in [2.05, 4.69) is 15.2 Å². The highest BCUT2D eigenvalue weighted by atomic mass is 19.4. The lowest BCUT2D eigenvalue weighted by Crippen LogP contribution is -2.49. The second-order valence-corrected chi connectivity index (χ2v) is 9.23. The van der Waals surface area contributed by atoms with Gasteiger partial charge >= 0.3 is 12.4 Å². The maximum Gasteiger partial charge on any atom is 0.451 e. The number of carbonyl (C=O) groups excluding carboxylic acids is 1. The van der Waals surface area contributed by atoms with Crippen LogP contribution >= 0.6 is 0 Å². The Morgan fingerprint density at radius 2 is 1.78 bits per heavy atom. The van der Waals surface area contributed by atoms with Crippen molar-refractivity contribution in [2.75, 3.05) is 24.5 Å². The normalized spacial score (nSPS) is 21.1. The standard InChI is InChI=1S/C23H22F6N6O/c1-13-11-33(18-4-6-30-17-10-14(22(24,25)26)2-3-16(17)18)7-5-15(13)20(36)34-8-9-35-19(12-34)31-32-21(35)23(27,28)29/h2-4,6,10,13,15H,5,7-9,11-12H2,1H3. The van der Waals surface area contributed by atoms with Crippen molar-refractivity contribution in [1.82, 2.24) is 24.6 Å². The van der Waals surface area contributed by atoms with Crippen molar-refractivity contribution >= 4 is 22.5 Å². The number of halogens is 6. The first-order valence-electron chi connectivity index (χ1n) is 11.4. The molecule has 2 aromatic heterocycles. The Bertz CT molecular complexity index is 1300. The molecule has 4 heterocycles. The van der Waals surface area contributed by atoms with Gasteiger partial charge in [-0.1, -0.05) is 13.0 Å². The van der Waals surface area contributed by atoms with E-state index in [-0.39, 0.29) is 48.7 Å². The molecule has 13 heteroatoms. The summed E-state index contributed by atoms with van der Waals surface area (Å²) in [7, 11) is 0. The quantitative estimate of drug-likeness (QED) is 0.478. The van der Waals surface area contributed by atoms with Gasteiger partial charge in [-0.25, -0.2) is 0 Å². The lowest BCUT2D eigenvalue weighted by atomic mass is 9.85. The van der Waals surface area contributed by atoms with Crippen LogP contribution in [-0.2, 0) is 30.2 Å². The molecule has 1 fully saturated rings. The summed E-state index contributed by atoms with van der Waals surface area (Å²) in [5, 5.41) is 7.49. The maximum atomic E-state index is 13.3. The van der Waals surface area contributed by atoms with Gasteiger partial charge in [-0.15, -0.1) is 10.2 Å². The summed E-state index contributed by atoms with van der Waals surface area (Å²) in [5.41, 5.74) is 0.220. The SMILES string of the molecule is CC1CN(c2ccnc3cc(C(F)(F)F)ccc23)CCC1C(=O)N1CCn2c(nnc2C(F)(F)F)C1. The van der Waals surface area contributed by atoms with E-state index in [1.165, 1.54) is 17.2 Å². The Kier molecular flexibility index (Phi) is 5.83. The van der Waals surface area contributed by atoms with Crippen LogP contribution in [0.2, 0.25) is 0 Å². The van der Waals surface area contributed by atoms with Crippen molar-refractivity contribution < 1.29 is 31.1 Å². The van der Waals surface area contributed by atoms with Gasteiger partial charge in [0, 0.05) is 49.4 Å². The molecule has 2 aliphatic heterocycles. The van der Waals surface area contributed by atoms with Gasteiger partial charge in [0.1, 0.15) is 0 Å².